The number of benzene rings is 1. The Kier molecular flexibility index (Phi) is 6.96. The SMILES string of the molecule is CN(CC(C)(C)CN)C(=O)c1ccc(N2NC(=O)CCC2=O)cc1.Cl. The Balaban J connectivity index is 0.00000312. The maximum atomic E-state index is 12.5. The van der Waals surface area contributed by atoms with E-state index in [4.69, 9.17) is 5.73 Å². The first-order valence-electron chi connectivity index (χ1n) is 7.91. The van der Waals surface area contributed by atoms with E-state index in [0.717, 1.165) is 0 Å². The molecule has 7 nitrogen and oxygen atoms in total. The van der Waals surface area contributed by atoms with E-state index in [-0.39, 0.29) is 48.4 Å². The molecule has 3 amide bonds. The van der Waals surface area contributed by atoms with Crippen LogP contribution in [-0.2, 0) is 9.59 Å². The lowest BCUT2D eigenvalue weighted by Crippen LogP contribution is -2.50. The first kappa shape index (κ1) is 20.9. The number of hydrazine groups is 1. The van der Waals surface area contributed by atoms with Gasteiger partial charge in [-0.1, -0.05) is 13.8 Å². The highest BCUT2D eigenvalue weighted by molar-refractivity contribution is 6.01. The summed E-state index contributed by atoms with van der Waals surface area (Å²) in [4.78, 5) is 37.4. The van der Waals surface area contributed by atoms with Gasteiger partial charge in [0.15, 0.2) is 0 Å². The predicted octanol–water partition coefficient (Wildman–Crippen LogP) is 1.32. The van der Waals surface area contributed by atoms with Crippen LogP contribution in [0.2, 0.25) is 0 Å². The molecular formula is C17H25ClN4O3. The van der Waals surface area contributed by atoms with Crippen molar-refractivity contribution >= 4 is 35.8 Å². The molecule has 1 aliphatic heterocycles. The molecule has 1 aromatic carbocycles. The van der Waals surface area contributed by atoms with Crippen LogP contribution in [0.5, 0.6) is 0 Å². The fourth-order valence-corrected chi connectivity index (χ4v) is 2.54. The van der Waals surface area contributed by atoms with Crippen molar-refractivity contribution in [3.63, 3.8) is 0 Å². The Morgan fingerprint density at radius 2 is 1.84 bits per heavy atom. The summed E-state index contributed by atoms with van der Waals surface area (Å²) in [7, 11) is 1.74. The van der Waals surface area contributed by atoms with Crippen molar-refractivity contribution < 1.29 is 14.4 Å². The molecule has 25 heavy (non-hydrogen) atoms. The smallest absolute Gasteiger partial charge is 0.253 e. The van der Waals surface area contributed by atoms with Crippen LogP contribution in [0.25, 0.3) is 0 Å². The van der Waals surface area contributed by atoms with Crippen molar-refractivity contribution in [1.29, 1.82) is 0 Å². The zero-order chi connectivity index (χ0) is 17.9. The van der Waals surface area contributed by atoms with Crippen LogP contribution in [-0.4, -0.2) is 42.8 Å². The third-order valence-electron chi connectivity index (χ3n) is 3.99. The molecule has 1 aromatic rings. The number of nitrogens with zero attached hydrogens (tertiary/aromatic N) is 2. The third kappa shape index (κ3) is 5.17. The zero-order valence-electron chi connectivity index (χ0n) is 14.7. The summed E-state index contributed by atoms with van der Waals surface area (Å²) in [5.74, 6) is -0.480. The summed E-state index contributed by atoms with van der Waals surface area (Å²) in [6, 6.07) is 6.60. The third-order valence-corrected chi connectivity index (χ3v) is 3.99. The van der Waals surface area contributed by atoms with Crippen molar-refractivity contribution in [3.8, 4) is 0 Å². The van der Waals surface area contributed by atoms with E-state index in [1.807, 2.05) is 13.8 Å². The predicted molar refractivity (Wildman–Crippen MR) is 98.3 cm³/mol. The second-order valence-corrected chi connectivity index (χ2v) is 6.84. The van der Waals surface area contributed by atoms with Crippen LogP contribution in [0.15, 0.2) is 24.3 Å². The number of hydrogen-bond donors (Lipinski definition) is 2. The van der Waals surface area contributed by atoms with Gasteiger partial charge in [0.25, 0.3) is 5.91 Å². The second kappa shape index (κ2) is 8.31. The maximum absolute atomic E-state index is 12.5. The van der Waals surface area contributed by atoms with Gasteiger partial charge in [-0.25, -0.2) is 5.01 Å². The number of nitrogens with two attached hydrogens (primary N) is 1. The molecule has 0 unspecified atom stereocenters. The zero-order valence-corrected chi connectivity index (χ0v) is 15.6. The number of carbonyl (C=O) groups excluding carboxylic acids is 3. The summed E-state index contributed by atoms with van der Waals surface area (Å²) in [5, 5.41) is 1.22. The first-order chi connectivity index (χ1) is 11.2. The Hall–Kier alpha value is -2.12. The minimum Gasteiger partial charge on any atom is -0.341 e. The summed E-state index contributed by atoms with van der Waals surface area (Å²) >= 11 is 0. The van der Waals surface area contributed by atoms with Gasteiger partial charge in [0.05, 0.1) is 5.69 Å². The average molecular weight is 369 g/mol. The number of carbonyl (C=O) groups is 3. The Bertz CT molecular complexity index is 646. The van der Waals surface area contributed by atoms with E-state index in [9.17, 15) is 14.4 Å². The van der Waals surface area contributed by atoms with Gasteiger partial charge in [-0.15, -0.1) is 12.4 Å². The van der Waals surface area contributed by atoms with Crippen molar-refractivity contribution in [2.24, 2.45) is 11.1 Å². The van der Waals surface area contributed by atoms with Crippen LogP contribution < -0.4 is 16.2 Å². The molecule has 1 saturated heterocycles. The molecule has 1 heterocycles. The minimum absolute atomic E-state index is 0. The number of anilines is 1. The molecule has 138 valence electrons. The highest BCUT2D eigenvalue weighted by Gasteiger charge is 2.25. The molecule has 0 spiro atoms. The van der Waals surface area contributed by atoms with E-state index in [1.165, 1.54) is 5.01 Å². The van der Waals surface area contributed by atoms with Gasteiger partial charge in [-0.3, -0.25) is 19.8 Å². The van der Waals surface area contributed by atoms with Gasteiger partial charge in [-0.2, -0.15) is 0 Å². The van der Waals surface area contributed by atoms with Gasteiger partial charge in [0.2, 0.25) is 11.8 Å². The van der Waals surface area contributed by atoms with Crippen molar-refractivity contribution in [2.45, 2.75) is 26.7 Å². The molecule has 1 fully saturated rings. The lowest BCUT2D eigenvalue weighted by atomic mass is 9.93. The lowest BCUT2D eigenvalue weighted by Gasteiger charge is -2.29. The van der Waals surface area contributed by atoms with Crippen LogP contribution >= 0.6 is 12.4 Å². The number of halogens is 1. The van der Waals surface area contributed by atoms with E-state index >= 15 is 0 Å². The molecule has 2 rings (SSSR count). The second-order valence-electron chi connectivity index (χ2n) is 6.84. The number of rotatable bonds is 5. The van der Waals surface area contributed by atoms with E-state index in [0.29, 0.717) is 24.3 Å². The first-order valence-corrected chi connectivity index (χ1v) is 7.91. The van der Waals surface area contributed by atoms with E-state index < -0.39 is 0 Å². The fourth-order valence-electron chi connectivity index (χ4n) is 2.54. The van der Waals surface area contributed by atoms with E-state index in [2.05, 4.69) is 5.43 Å². The molecule has 0 saturated carbocycles. The molecule has 8 heteroatoms. The van der Waals surface area contributed by atoms with Crippen molar-refractivity contribution in [2.75, 3.05) is 25.1 Å². The molecule has 0 bridgehead atoms. The number of nitrogens with one attached hydrogen (secondary N) is 1. The Morgan fingerprint density at radius 3 is 2.40 bits per heavy atom. The van der Waals surface area contributed by atoms with Gasteiger partial charge in [0, 0.05) is 32.0 Å². The summed E-state index contributed by atoms with van der Waals surface area (Å²) < 4.78 is 0. The van der Waals surface area contributed by atoms with Gasteiger partial charge >= 0.3 is 0 Å². The normalized spacial score (nSPS) is 14.6. The Labute approximate surface area is 153 Å². The molecule has 0 aliphatic carbocycles. The largest absolute Gasteiger partial charge is 0.341 e. The van der Waals surface area contributed by atoms with E-state index in [1.54, 1.807) is 36.2 Å². The average Bonchev–Trinajstić information content (AvgIpc) is 2.56. The standard InChI is InChI=1S/C17H24N4O3.ClH/c1-17(2,10-18)11-20(3)16(24)12-4-6-13(7-5-12)21-15(23)9-8-14(22)19-21;/h4-7H,8-11,18H2,1-3H3,(H,19,22);1H. The molecule has 0 radical (unpaired) electrons. The van der Waals surface area contributed by atoms with Crippen molar-refractivity contribution in [3.05, 3.63) is 29.8 Å². The van der Waals surface area contributed by atoms with Crippen LogP contribution in [0, 0.1) is 5.41 Å². The molecule has 0 atom stereocenters. The van der Waals surface area contributed by atoms with Crippen LogP contribution in [0.4, 0.5) is 5.69 Å². The quantitative estimate of drug-likeness (QED) is 0.819. The van der Waals surface area contributed by atoms with Gasteiger partial charge in [-0.05, 0) is 36.2 Å². The summed E-state index contributed by atoms with van der Waals surface area (Å²) in [6.07, 6.45) is 0.386. The van der Waals surface area contributed by atoms with Gasteiger partial charge in [0.1, 0.15) is 0 Å². The number of amides is 3. The lowest BCUT2D eigenvalue weighted by molar-refractivity contribution is -0.130. The highest BCUT2D eigenvalue weighted by Crippen LogP contribution is 2.20. The Morgan fingerprint density at radius 1 is 1.24 bits per heavy atom. The molecule has 1 aliphatic rings. The molecular weight excluding hydrogens is 344 g/mol. The monoisotopic (exact) mass is 368 g/mol. The molecule has 0 aromatic heterocycles. The number of hydrogen-bond acceptors (Lipinski definition) is 4. The van der Waals surface area contributed by atoms with Crippen LogP contribution in [0.3, 0.4) is 0 Å². The topological polar surface area (TPSA) is 95.7 Å². The fraction of sp³-hybridized carbons (Fsp3) is 0.471. The summed E-state index contributed by atoms with van der Waals surface area (Å²) in [5.41, 5.74) is 9.14. The molecule has 3 N–H and O–H groups in total. The van der Waals surface area contributed by atoms with Crippen molar-refractivity contribution in [1.82, 2.24) is 10.3 Å². The highest BCUT2D eigenvalue weighted by atomic mass is 35.5. The minimum atomic E-state index is -0.196. The van der Waals surface area contributed by atoms with Crippen LogP contribution in [0.1, 0.15) is 37.0 Å². The van der Waals surface area contributed by atoms with Gasteiger partial charge < -0.3 is 10.6 Å². The maximum Gasteiger partial charge on any atom is 0.253 e. The summed E-state index contributed by atoms with van der Waals surface area (Å²) in [6.45, 7) is 5.04.